The maximum absolute atomic E-state index is 11.8. The molecule has 0 spiro atoms. The largest absolute Gasteiger partial charge is 0.480 e. The van der Waals surface area contributed by atoms with Gasteiger partial charge >= 0.3 is 12.0 Å². The first kappa shape index (κ1) is 16.7. The van der Waals surface area contributed by atoms with Crippen molar-refractivity contribution in [2.75, 3.05) is 27.3 Å². The number of amides is 2. The quantitative estimate of drug-likeness (QED) is 0.702. The Morgan fingerprint density at radius 1 is 1.39 bits per heavy atom. The summed E-state index contributed by atoms with van der Waals surface area (Å²) in [4.78, 5) is 24.4. The van der Waals surface area contributed by atoms with Crippen LogP contribution in [0.1, 0.15) is 27.2 Å². The zero-order chi connectivity index (χ0) is 14.3. The summed E-state index contributed by atoms with van der Waals surface area (Å²) in [7, 11) is 3.23. The van der Waals surface area contributed by atoms with Gasteiger partial charge in [0.2, 0.25) is 0 Å². The minimum atomic E-state index is -1.03. The van der Waals surface area contributed by atoms with E-state index >= 15 is 0 Å². The minimum absolute atomic E-state index is 0.381. The molecule has 0 aromatic carbocycles. The first-order valence-corrected chi connectivity index (χ1v) is 5.93. The van der Waals surface area contributed by atoms with E-state index in [-0.39, 0.29) is 6.03 Å². The van der Waals surface area contributed by atoms with Crippen LogP contribution in [0.2, 0.25) is 0 Å². The van der Waals surface area contributed by atoms with Crippen LogP contribution >= 0.6 is 0 Å². The van der Waals surface area contributed by atoms with Crippen molar-refractivity contribution in [1.29, 1.82) is 0 Å². The predicted molar refractivity (Wildman–Crippen MR) is 68.5 cm³/mol. The summed E-state index contributed by atoms with van der Waals surface area (Å²) in [6.45, 7) is 6.42. The molecule has 0 aliphatic heterocycles. The molecule has 0 aliphatic carbocycles. The number of carbonyl (C=O) groups excluding carboxylic acids is 1. The molecule has 1 unspecified atom stereocenters. The Morgan fingerprint density at radius 3 is 2.33 bits per heavy atom. The molecule has 0 rings (SSSR count). The highest BCUT2D eigenvalue weighted by Crippen LogP contribution is 2.19. The van der Waals surface area contributed by atoms with Gasteiger partial charge in [-0.1, -0.05) is 20.8 Å². The monoisotopic (exact) mass is 260 g/mol. The fourth-order valence-corrected chi connectivity index (χ4v) is 1.43. The van der Waals surface area contributed by atoms with E-state index in [9.17, 15) is 9.59 Å². The van der Waals surface area contributed by atoms with E-state index in [4.69, 9.17) is 9.84 Å². The fraction of sp³-hybridized carbons (Fsp3) is 0.833. The standard InChI is InChI=1S/C12H24N2O4/c1-12(2,3)9(10(15)16)13-11(17)14(4)7-6-8-18-5/h9H,6-8H2,1-5H3,(H,13,17)(H,15,16). The van der Waals surface area contributed by atoms with Crippen LogP contribution in [0.15, 0.2) is 0 Å². The molecule has 6 nitrogen and oxygen atoms in total. The number of carboxylic acid groups (broad SMARTS) is 1. The molecule has 106 valence electrons. The van der Waals surface area contributed by atoms with E-state index in [1.165, 1.54) is 4.90 Å². The van der Waals surface area contributed by atoms with Gasteiger partial charge in [-0.3, -0.25) is 0 Å². The molecule has 18 heavy (non-hydrogen) atoms. The second-order valence-electron chi connectivity index (χ2n) is 5.35. The Morgan fingerprint density at radius 2 is 1.94 bits per heavy atom. The van der Waals surface area contributed by atoms with Gasteiger partial charge in [0.05, 0.1) is 0 Å². The molecular formula is C12H24N2O4. The Balaban J connectivity index is 4.38. The SMILES string of the molecule is COCCCN(C)C(=O)NC(C(=O)O)C(C)(C)C. The molecule has 0 saturated heterocycles. The first-order chi connectivity index (χ1) is 8.20. The molecular weight excluding hydrogens is 236 g/mol. The Kier molecular flexibility index (Phi) is 6.68. The third-order valence-corrected chi connectivity index (χ3v) is 2.57. The maximum atomic E-state index is 11.8. The summed E-state index contributed by atoms with van der Waals surface area (Å²) in [5.74, 6) is -1.03. The van der Waals surface area contributed by atoms with E-state index < -0.39 is 17.4 Å². The third-order valence-electron chi connectivity index (χ3n) is 2.57. The Labute approximate surface area is 108 Å². The highest BCUT2D eigenvalue weighted by molar-refractivity contribution is 5.83. The summed E-state index contributed by atoms with van der Waals surface area (Å²) >= 11 is 0. The van der Waals surface area contributed by atoms with E-state index in [0.29, 0.717) is 19.6 Å². The van der Waals surface area contributed by atoms with Gasteiger partial charge in [-0.2, -0.15) is 0 Å². The summed E-state index contributed by atoms with van der Waals surface area (Å²) in [5, 5.41) is 11.6. The van der Waals surface area contributed by atoms with Crippen LogP contribution in [0, 0.1) is 5.41 Å². The average molecular weight is 260 g/mol. The van der Waals surface area contributed by atoms with E-state index in [1.54, 1.807) is 34.9 Å². The van der Waals surface area contributed by atoms with Gasteiger partial charge in [-0.15, -0.1) is 0 Å². The van der Waals surface area contributed by atoms with Gasteiger partial charge in [0, 0.05) is 27.3 Å². The molecule has 0 radical (unpaired) electrons. The summed E-state index contributed by atoms with van der Waals surface area (Å²) < 4.78 is 4.89. The van der Waals surface area contributed by atoms with Crippen LogP contribution in [-0.2, 0) is 9.53 Å². The van der Waals surface area contributed by atoms with Gasteiger partial charge in [0.1, 0.15) is 6.04 Å². The van der Waals surface area contributed by atoms with E-state index in [2.05, 4.69) is 5.32 Å². The van der Waals surface area contributed by atoms with Crippen molar-refractivity contribution < 1.29 is 19.4 Å². The maximum Gasteiger partial charge on any atom is 0.326 e. The number of hydrogen-bond acceptors (Lipinski definition) is 3. The number of nitrogens with one attached hydrogen (secondary N) is 1. The molecule has 2 amide bonds. The van der Waals surface area contributed by atoms with Crippen molar-refractivity contribution in [3.8, 4) is 0 Å². The Bertz CT molecular complexity index is 286. The number of carbonyl (C=O) groups is 2. The van der Waals surface area contributed by atoms with Gasteiger partial charge in [-0.05, 0) is 11.8 Å². The number of hydrogen-bond donors (Lipinski definition) is 2. The number of methoxy groups -OCH3 is 1. The van der Waals surface area contributed by atoms with Crippen molar-refractivity contribution in [3.05, 3.63) is 0 Å². The van der Waals surface area contributed by atoms with Crippen molar-refractivity contribution >= 4 is 12.0 Å². The minimum Gasteiger partial charge on any atom is -0.480 e. The van der Waals surface area contributed by atoms with Crippen LogP contribution in [0.4, 0.5) is 4.79 Å². The lowest BCUT2D eigenvalue weighted by Gasteiger charge is -2.29. The van der Waals surface area contributed by atoms with Crippen LogP contribution < -0.4 is 5.32 Å². The highest BCUT2D eigenvalue weighted by Gasteiger charge is 2.33. The van der Waals surface area contributed by atoms with Crippen molar-refractivity contribution in [2.24, 2.45) is 5.41 Å². The summed E-state index contributed by atoms with van der Waals surface area (Å²) in [6, 6.07) is -1.29. The van der Waals surface area contributed by atoms with Crippen LogP contribution in [0.25, 0.3) is 0 Å². The first-order valence-electron chi connectivity index (χ1n) is 5.93. The average Bonchev–Trinajstić information content (AvgIpc) is 2.23. The molecule has 0 heterocycles. The van der Waals surface area contributed by atoms with E-state index in [0.717, 1.165) is 0 Å². The number of carboxylic acids is 1. The lowest BCUT2D eigenvalue weighted by atomic mass is 9.87. The normalized spacial score (nSPS) is 12.9. The molecule has 1 atom stereocenters. The van der Waals surface area contributed by atoms with Gasteiger partial charge < -0.3 is 20.1 Å². The van der Waals surface area contributed by atoms with Gasteiger partial charge in [0.15, 0.2) is 0 Å². The number of nitrogens with zero attached hydrogens (tertiary/aromatic N) is 1. The lowest BCUT2D eigenvalue weighted by molar-refractivity contribution is -0.142. The number of ether oxygens (including phenoxy) is 1. The zero-order valence-corrected chi connectivity index (χ0v) is 11.8. The van der Waals surface area contributed by atoms with Crippen molar-refractivity contribution in [1.82, 2.24) is 10.2 Å². The second-order valence-corrected chi connectivity index (χ2v) is 5.35. The number of urea groups is 1. The second kappa shape index (κ2) is 7.20. The summed E-state index contributed by atoms with van der Waals surface area (Å²) in [5.41, 5.74) is -0.533. The molecule has 0 aromatic rings. The van der Waals surface area contributed by atoms with Crippen LogP contribution in [0.3, 0.4) is 0 Å². The molecule has 2 N–H and O–H groups in total. The molecule has 6 heteroatoms. The number of aliphatic carboxylic acids is 1. The molecule has 0 aliphatic rings. The lowest BCUT2D eigenvalue weighted by Crippen LogP contribution is -2.52. The van der Waals surface area contributed by atoms with Crippen molar-refractivity contribution in [3.63, 3.8) is 0 Å². The molecule has 0 aromatic heterocycles. The molecule has 0 saturated carbocycles. The fourth-order valence-electron chi connectivity index (χ4n) is 1.43. The van der Waals surface area contributed by atoms with E-state index in [1.807, 2.05) is 0 Å². The summed E-state index contributed by atoms with van der Waals surface area (Å²) in [6.07, 6.45) is 0.716. The zero-order valence-electron chi connectivity index (χ0n) is 11.8. The predicted octanol–water partition coefficient (Wildman–Crippen LogP) is 1.16. The van der Waals surface area contributed by atoms with Crippen molar-refractivity contribution in [2.45, 2.75) is 33.2 Å². The van der Waals surface area contributed by atoms with Crippen LogP contribution in [0.5, 0.6) is 0 Å². The topological polar surface area (TPSA) is 78.9 Å². The molecule has 0 bridgehead atoms. The Hall–Kier alpha value is -1.30. The highest BCUT2D eigenvalue weighted by atomic mass is 16.5. The smallest absolute Gasteiger partial charge is 0.326 e. The van der Waals surface area contributed by atoms with Gasteiger partial charge in [0.25, 0.3) is 0 Å². The van der Waals surface area contributed by atoms with Crippen LogP contribution in [-0.4, -0.2) is 55.4 Å². The number of rotatable bonds is 6. The molecule has 0 fully saturated rings. The third kappa shape index (κ3) is 5.86. The van der Waals surface area contributed by atoms with Gasteiger partial charge in [-0.25, -0.2) is 9.59 Å².